The summed E-state index contributed by atoms with van der Waals surface area (Å²) in [5.41, 5.74) is 0.579. The summed E-state index contributed by atoms with van der Waals surface area (Å²) in [4.78, 5) is 0. The van der Waals surface area contributed by atoms with Gasteiger partial charge in [-0.1, -0.05) is 11.6 Å². The summed E-state index contributed by atoms with van der Waals surface area (Å²) in [6.45, 7) is 6.11. The number of hydrogen-bond acceptors (Lipinski definition) is 3. The summed E-state index contributed by atoms with van der Waals surface area (Å²) in [5.74, 6) is 0.777. The van der Waals surface area contributed by atoms with Crippen molar-refractivity contribution in [2.24, 2.45) is 0 Å². The van der Waals surface area contributed by atoms with Crippen molar-refractivity contribution < 1.29 is 9.47 Å². The van der Waals surface area contributed by atoms with E-state index in [1.807, 2.05) is 32.0 Å². The fourth-order valence-electron chi connectivity index (χ4n) is 1.33. The molecule has 0 aliphatic rings. The van der Waals surface area contributed by atoms with Gasteiger partial charge in [-0.05, 0) is 32.9 Å². The zero-order chi connectivity index (χ0) is 13.1. The highest BCUT2D eigenvalue weighted by Gasteiger charge is 2.25. The van der Waals surface area contributed by atoms with E-state index in [-0.39, 0.29) is 11.6 Å². The lowest BCUT2D eigenvalue weighted by atomic mass is 10.00. The molecule has 0 aromatic heterocycles. The zero-order valence-electron chi connectivity index (χ0n) is 11.0. The molecule has 96 valence electrons. The van der Waals surface area contributed by atoms with Crippen molar-refractivity contribution >= 4 is 17.3 Å². The predicted molar refractivity (Wildman–Crippen MR) is 72.2 cm³/mol. The van der Waals surface area contributed by atoms with Crippen LogP contribution in [0.2, 0.25) is 5.02 Å². The topological polar surface area (TPSA) is 30.5 Å². The standard InChI is InChI=1S/C13H20ClNO2/c1-9(13(2,3)17-5)15-12-8-10(16-4)6-7-11(12)14/h6-9,15H,1-5H3. The van der Waals surface area contributed by atoms with E-state index in [0.29, 0.717) is 5.02 Å². The van der Waals surface area contributed by atoms with E-state index < -0.39 is 0 Å². The van der Waals surface area contributed by atoms with Crippen LogP contribution in [0, 0.1) is 0 Å². The molecule has 17 heavy (non-hydrogen) atoms. The zero-order valence-corrected chi connectivity index (χ0v) is 11.8. The van der Waals surface area contributed by atoms with Crippen molar-refractivity contribution in [3.8, 4) is 5.75 Å². The van der Waals surface area contributed by atoms with E-state index in [1.54, 1.807) is 14.2 Å². The summed E-state index contributed by atoms with van der Waals surface area (Å²) in [5, 5.41) is 4.01. The van der Waals surface area contributed by atoms with Crippen molar-refractivity contribution in [3.05, 3.63) is 23.2 Å². The number of rotatable bonds is 5. The second-order valence-electron chi connectivity index (χ2n) is 4.52. The minimum Gasteiger partial charge on any atom is -0.497 e. The monoisotopic (exact) mass is 257 g/mol. The Labute approximate surface area is 108 Å². The molecule has 0 radical (unpaired) electrons. The van der Waals surface area contributed by atoms with Crippen LogP contribution in [0.15, 0.2) is 18.2 Å². The Morgan fingerprint density at radius 1 is 1.29 bits per heavy atom. The summed E-state index contributed by atoms with van der Waals surface area (Å²) < 4.78 is 10.6. The molecule has 1 atom stereocenters. The fourth-order valence-corrected chi connectivity index (χ4v) is 1.50. The quantitative estimate of drug-likeness (QED) is 0.875. The van der Waals surface area contributed by atoms with Gasteiger partial charge < -0.3 is 14.8 Å². The van der Waals surface area contributed by atoms with Gasteiger partial charge in [0.15, 0.2) is 0 Å². The molecule has 1 unspecified atom stereocenters. The molecule has 1 aromatic carbocycles. The van der Waals surface area contributed by atoms with Crippen LogP contribution in [0.4, 0.5) is 5.69 Å². The fraction of sp³-hybridized carbons (Fsp3) is 0.538. The van der Waals surface area contributed by atoms with E-state index in [0.717, 1.165) is 11.4 Å². The van der Waals surface area contributed by atoms with Crippen LogP contribution < -0.4 is 10.1 Å². The third-order valence-corrected chi connectivity index (χ3v) is 3.44. The van der Waals surface area contributed by atoms with Crippen molar-refractivity contribution in [1.82, 2.24) is 0 Å². The number of halogens is 1. The maximum absolute atomic E-state index is 6.13. The number of hydrogen-bond donors (Lipinski definition) is 1. The Morgan fingerprint density at radius 2 is 1.94 bits per heavy atom. The third kappa shape index (κ3) is 3.51. The second-order valence-corrected chi connectivity index (χ2v) is 4.93. The first-order valence-corrected chi connectivity index (χ1v) is 5.93. The van der Waals surface area contributed by atoms with Gasteiger partial charge in [-0.2, -0.15) is 0 Å². The van der Waals surface area contributed by atoms with Crippen molar-refractivity contribution in [2.45, 2.75) is 32.4 Å². The van der Waals surface area contributed by atoms with Gasteiger partial charge in [0.1, 0.15) is 5.75 Å². The molecule has 1 aromatic rings. The van der Waals surface area contributed by atoms with Gasteiger partial charge in [0, 0.05) is 13.2 Å². The summed E-state index contributed by atoms with van der Waals surface area (Å²) in [6.07, 6.45) is 0. The van der Waals surface area contributed by atoms with Crippen LogP contribution in [0.25, 0.3) is 0 Å². The van der Waals surface area contributed by atoms with E-state index >= 15 is 0 Å². The minimum atomic E-state index is -0.271. The summed E-state index contributed by atoms with van der Waals surface area (Å²) in [7, 11) is 3.33. The highest BCUT2D eigenvalue weighted by Crippen LogP contribution is 2.29. The molecule has 3 nitrogen and oxygen atoms in total. The molecule has 0 bridgehead atoms. The molecule has 1 rings (SSSR count). The van der Waals surface area contributed by atoms with E-state index in [9.17, 15) is 0 Å². The highest BCUT2D eigenvalue weighted by molar-refractivity contribution is 6.33. The smallest absolute Gasteiger partial charge is 0.121 e. The summed E-state index contributed by atoms with van der Waals surface area (Å²) >= 11 is 6.13. The van der Waals surface area contributed by atoms with Crippen LogP contribution in [0.1, 0.15) is 20.8 Å². The van der Waals surface area contributed by atoms with Crippen LogP contribution in [0.5, 0.6) is 5.75 Å². The molecule has 0 fully saturated rings. The largest absolute Gasteiger partial charge is 0.497 e. The van der Waals surface area contributed by atoms with Crippen molar-refractivity contribution in [2.75, 3.05) is 19.5 Å². The first-order chi connectivity index (χ1) is 7.90. The summed E-state index contributed by atoms with van der Waals surface area (Å²) in [6, 6.07) is 5.65. The molecular formula is C13H20ClNO2. The Morgan fingerprint density at radius 3 is 2.47 bits per heavy atom. The van der Waals surface area contributed by atoms with Crippen molar-refractivity contribution in [3.63, 3.8) is 0 Å². The lowest BCUT2D eigenvalue weighted by Gasteiger charge is -2.32. The highest BCUT2D eigenvalue weighted by atomic mass is 35.5. The number of ether oxygens (including phenoxy) is 2. The van der Waals surface area contributed by atoms with E-state index in [1.165, 1.54) is 0 Å². The molecule has 0 aliphatic heterocycles. The average Bonchev–Trinajstić information content (AvgIpc) is 2.31. The van der Waals surface area contributed by atoms with E-state index in [4.69, 9.17) is 21.1 Å². The maximum atomic E-state index is 6.13. The average molecular weight is 258 g/mol. The molecule has 0 spiro atoms. The minimum absolute atomic E-state index is 0.122. The van der Waals surface area contributed by atoms with Gasteiger partial charge in [0.05, 0.1) is 29.5 Å². The van der Waals surface area contributed by atoms with Gasteiger partial charge in [0.25, 0.3) is 0 Å². The van der Waals surface area contributed by atoms with Crippen LogP contribution in [-0.4, -0.2) is 25.9 Å². The lowest BCUT2D eigenvalue weighted by Crippen LogP contribution is -2.41. The Balaban J connectivity index is 2.87. The first kappa shape index (κ1) is 14.1. The number of benzene rings is 1. The predicted octanol–water partition coefficient (Wildman–Crippen LogP) is 3.57. The number of anilines is 1. The molecule has 1 N–H and O–H groups in total. The normalized spacial score (nSPS) is 13.3. The van der Waals surface area contributed by atoms with Gasteiger partial charge in [-0.25, -0.2) is 0 Å². The molecule has 0 saturated carbocycles. The van der Waals surface area contributed by atoms with Crippen LogP contribution >= 0.6 is 11.6 Å². The molecule has 0 aliphatic carbocycles. The first-order valence-electron chi connectivity index (χ1n) is 5.56. The third-order valence-electron chi connectivity index (χ3n) is 3.11. The van der Waals surface area contributed by atoms with Gasteiger partial charge in [0.2, 0.25) is 0 Å². The molecular weight excluding hydrogens is 238 g/mol. The van der Waals surface area contributed by atoms with Gasteiger partial charge in [-0.15, -0.1) is 0 Å². The van der Waals surface area contributed by atoms with Gasteiger partial charge >= 0.3 is 0 Å². The SMILES string of the molecule is COc1ccc(Cl)c(NC(C)C(C)(C)OC)c1. The number of methoxy groups -OCH3 is 2. The molecule has 0 saturated heterocycles. The van der Waals surface area contributed by atoms with Crippen LogP contribution in [-0.2, 0) is 4.74 Å². The Kier molecular flexibility index (Phi) is 4.66. The molecule has 4 heteroatoms. The number of nitrogens with one attached hydrogen (secondary N) is 1. The Bertz CT molecular complexity index is 380. The lowest BCUT2D eigenvalue weighted by molar-refractivity contribution is 0.0107. The van der Waals surface area contributed by atoms with Crippen LogP contribution in [0.3, 0.4) is 0 Å². The molecule has 0 heterocycles. The second kappa shape index (κ2) is 5.61. The Hall–Kier alpha value is -0.930. The molecule has 0 amide bonds. The van der Waals surface area contributed by atoms with Gasteiger partial charge in [-0.3, -0.25) is 0 Å². The van der Waals surface area contributed by atoms with E-state index in [2.05, 4.69) is 12.2 Å². The van der Waals surface area contributed by atoms with Crippen molar-refractivity contribution in [1.29, 1.82) is 0 Å². The maximum Gasteiger partial charge on any atom is 0.121 e.